The molecule has 2 aliphatic carbocycles. The van der Waals surface area contributed by atoms with E-state index in [1.54, 1.807) is 43.3 Å². The van der Waals surface area contributed by atoms with E-state index in [4.69, 9.17) is 9.47 Å². The van der Waals surface area contributed by atoms with E-state index in [-0.39, 0.29) is 47.4 Å². The van der Waals surface area contributed by atoms with Crippen LogP contribution in [-0.2, 0) is 14.3 Å². The lowest BCUT2D eigenvalue weighted by atomic mass is 9.79. The second-order valence-electron chi connectivity index (χ2n) is 8.93. The summed E-state index contributed by atoms with van der Waals surface area (Å²) in [4.78, 5) is 37.6. The Morgan fingerprint density at radius 3 is 2.48 bits per heavy atom. The van der Waals surface area contributed by atoms with E-state index in [1.165, 1.54) is 0 Å². The first-order chi connectivity index (χ1) is 14.9. The molecule has 0 spiro atoms. The smallest absolute Gasteiger partial charge is 0.310 e. The predicted molar refractivity (Wildman–Crippen MR) is 114 cm³/mol. The Bertz CT molecular complexity index is 1030. The van der Waals surface area contributed by atoms with Gasteiger partial charge in [-0.2, -0.15) is 0 Å². The van der Waals surface area contributed by atoms with Gasteiger partial charge in [0.05, 0.1) is 11.8 Å². The quantitative estimate of drug-likeness (QED) is 0.569. The molecule has 6 atom stereocenters. The van der Waals surface area contributed by atoms with E-state index in [0.717, 1.165) is 18.4 Å². The zero-order chi connectivity index (χ0) is 21.7. The molecule has 6 heteroatoms. The number of Topliss-reactive ketones (excluding diaryl/α,β-unsaturated/α-hetero) is 1. The molecule has 3 aliphatic rings. The van der Waals surface area contributed by atoms with Gasteiger partial charge in [-0.15, -0.1) is 0 Å². The molecule has 160 valence electrons. The Hall–Kier alpha value is -3.15. The third-order valence-corrected chi connectivity index (χ3v) is 6.93. The number of hydrogen-bond donors (Lipinski definition) is 1. The van der Waals surface area contributed by atoms with Gasteiger partial charge in [0.1, 0.15) is 11.9 Å². The summed E-state index contributed by atoms with van der Waals surface area (Å²) in [6, 6.07) is 14.4. The van der Waals surface area contributed by atoms with Crippen molar-refractivity contribution in [3.8, 4) is 5.75 Å². The van der Waals surface area contributed by atoms with Gasteiger partial charge in [0.2, 0.25) is 11.7 Å². The van der Waals surface area contributed by atoms with E-state index in [1.807, 2.05) is 19.1 Å². The Balaban J connectivity index is 1.20. The van der Waals surface area contributed by atoms with Crippen molar-refractivity contribution in [3.05, 3.63) is 59.7 Å². The standard InChI is InChI=1S/C25H25NO5/c1-13-3-5-15(6-4-13)23(27)14(2)30-18-9-7-17(8-10-18)26-24(28)21-16-11-19-20(12-16)31-25(29)22(19)21/h3-10,14,16,19-22H,11-12H2,1-2H3,(H,26,28)/t14-,16+,19-,20+,21+,22-/m0/s1. The number of ether oxygens (including phenoxy) is 2. The van der Waals surface area contributed by atoms with Gasteiger partial charge in [-0.05, 0) is 56.9 Å². The Morgan fingerprint density at radius 2 is 1.77 bits per heavy atom. The summed E-state index contributed by atoms with van der Waals surface area (Å²) in [7, 11) is 0. The van der Waals surface area contributed by atoms with E-state index < -0.39 is 6.10 Å². The Labute approximate surface area is 180 Å². The molecule has 2 aromatic rings. The molecule has 0 aromatic heterocycles. The number of carbonyl (C=O) groups excluding carboxylic acids is 3. The number of amides is 1. The summed E-state index contributed by atoms with van der Waals surface area (Å²) in [6.07, 6.45) is 1.09. The van der Waals surface area contributed by atoms with Gasteiger partial charge < -0.3 is 14.8 Å². The average Bonchev–Trinajstić information content (AvgIpc) is 3.38. The molecule has 0 radical (unpaired) electrons. The minimum Gasteiger partial charge on any atom is -0.483 e. The number of carbonyl (C=O) groups is 3. The third kappa shape index (κ3) is 3.50. The predicted octanol–water partition coefficient (Wildman–Crippen LogP) is 3.78. The summed E-state index contributed by atoms with van der Waals surface area (Å²) in [6.45, 7) is 3.70. The molecule has 2 saturated carbocycles. The van der Waals surface area contributed by atoms with Crippen LogP contribution in [0.5, 0.6) is 5.75 Å². The minimum atomic E-state index is -0.626. The molecule has 6 nitrogen and oxygen atoms in total. The summed E-state index contributed by atoms with van der Waals surface area (Å²) >= 11 is 0. The normalized spacial score (nSPS) is 28.8. The van der Waals surface area contributed by atoms with Gasteiger partial charge >= 0.3 is 5.97 Å². The van der Waals surface area contributed by atoms with Crippen LogP contribution in [0, 0.1) is 30.6 Å². The Kier molecular flexibility index (Phi) is 4.80. The van der Waals surface area contributed by atoms with Gasteiger partial charge in [-0.1, -0.05) is 29.8 Å². The largest absolute Gasteiger partial charge is 0.483 e. The number of rotatable bonds is 6. The van der Waals surface area contributed by atoms with Crippen molar-refractivity contribution in [1.82, 2.24) is 0 Å². The number of nitrogens with one attached hydrogen (secondary N) is 1. The maximum atomic E-state index is 12.9. The highest BCUT2D eigenvalue weighted by molar-refractivity contribution is 5.99. The first kappa shape index (κ1) is 19.8. The minimum absolute atomic E-state index is 0.0209. The average molecular weight is 419 g/mol. The third-order valence-electron chi connectivity index (χ3n) is 6.93. The van der Waals surface area contributed by atoms with Crippen LogP contribution in [-0.4, -0.2) is 29.9 Å². The van der Waals surface area contributed by atoms with Gasteiger partial charge in [-0.3, -0.25) is 14.4 Å². The molecular formula is C25H25NO5. The zero-order valence-electron chi connectivity index (χ0n) is 17.5. The number of hydrogen-bond acceptors (Lipinski definition) is 5. The molecule has 2 bridgehead atoms. The maximum absolute atomic E-state index is 12.9. The maximum Gasteiger partial charge on any atom is 0.310 e. The van der Waals surface area contributed by atoms with Crippen molar-refractivity contribution in [1.29, 1.82) is 0 Å². The molecule has 3 fully saturated rings. The molecule has 1 saturated heterocycles. The number of esters is 1. The van der Waals surface area contributed by atoms with E-state index in [0.29, 0.717) is 17.0 Å². The second kappa shape index (κ2) is 7.52. The fourth-order valence-electron chi connectivity index (χ4n) is 5.42. The fourth-order valence-corrected chi connectivity index (χ4v) is 5.42. The highest BCUT2D eigenvalue weighted by Crippen LogP contribution is 2.57. The molecule has 5 rings (SSSR count). The van der Waals surface area contributed by atoms with Gasteiger partial charge in [0.15, 0.2) is 6.10 Å². The van der Waals surface area contributed by atoms with Gasteiger partial charge in [0.25, 0.3) is 0 Å². The van der Waals surface area contributed by atoms with Crippen LogP contribution in [0.3, 0.4) is 0 Å². The number of aryl methyl sites for hydroxylation is 1. The topological polar surface area (TPSA) is 81.7 Å². The molecule has 1 heterocycles. The van der Waals surface area contributed by atoms with E-state index >= 15 is 0 Å². The number of anilines is 1. The van der Waals surface area contributed by atoms with E-state index in [9.17, 15) is 14.4 Å². The lowest BCUT2D eigenvalue weighted by Gasteiger charge is -2.23. The Morgan fingerprint density at radius 1 is 1.06 bits per heavy atom. The van der Waals surface area contributed by atoms with Crippen molar-refractivity contribution in [2.75, 3.05) is 5.32 Å². The summed E-state index contributed by atoms with van der Waals surface area (Å²) < 4.78 is 11.2. The molecule has 1 aliphatic heterocycles. The number of benzene rings is 2. The van der Waals surface area contributed by atoms with Crippen LogP contribution in [0.15, 0.2) is 48.5 Å². The SMILES string of the molecule is Cc1ccc(C(=O)[C@H](C)Oc2ccc(NC(=O)[C@@H]3[C@@H]4C[C@@H]5[C@@H]3C(=O)O[C@@H]5C4)cc2)cc1. The van der Waals surface area contributed by atoms with Crippen LogP contribution in [0.25, 0.3) is 0 Å². The van der Waals surface area contributed by atoms with Gasteiger partial charge in [0, 0.05) is 17.2 Å². The summed E-state index contributed by atoms with van der Waals surface area (Å²) in [5.41, 5.74) is 2.35. The van der Waals surface area contributed by atoms with Crippen LogP contribution in [0.1, 0.15) is 35.7 Å². The van der Waals surface area contributed by atoms with E-state index in [2.05, 4.69) is 5.32 Å². The summed E-state index contributed by atoms with van der Waals surface area (Å²) in [5.74, 6) is -0.0420. The van der Waals surface area contributed by atoms with Crippen LogP contribution < -0.4 is 10.1 Å². The number of ketones is 1. The monoisotopic (exact) mass is 419 g/mol. The summed E-state index contributed by atoms with van der Waals surface area (Å²) in [5, 5.41) is 2.94. The lowest BCUT2D eigenvalue weighted by molar-refractivity contribution is -0.145. The molecule has 1 N–H and O–H groups in total. The molecular weight excluding hydrogens is 394 g/mol. The molecule has 0 unspecified atom stereocenters. The molecule has 31 heavy (non-hydrogen) atoms. The highest BCUT2D eigenvalue weighted by atomic mass is 16.6. The fraction of sp³-hybridized carbons (Fsp3) is 0.400. The molecule has 1 amide bonds. The van der Waals surface area contributed by atoms with Crippen molar-refractivity contribution < 1.29 is 23.9 Å². The first-order valence-electron chi connectivity index (χ1n) is 10.8. The van der Waals surface area contributed by atoms with Crippen molar-refractivity contribution in [2.24, 2.45) is 23.7 Å². The van der Waals surface area contributed by atoms with Crippen molar-refractivity contribution in [3.63, 3.8) is 0 Å². The van der Waals surface area contributed by atoms with Crippen molar-refractivity contribution in [2.45, 2.75) is 38.9 Å². The second-order valence-corrected chi connectivity index (χ2v) is 8.93. The highest BCUT2D eigenvalue weighted by Gasteiger charge is 2.63. The lowest BCUT2D eigenvalue weighted by Crippen LogP contribution is -2.35. The molecule has 2 aromatic carbocycles. The van der Waals surface area contributed by atoms with Crippen LogP contribution in [0.4, 0.5) is 5.69 Å². The van der Waals surface area contributed by atoms with Crippen molar-refractivity contribution >= 4 is 23.3 Å². The number of fused-ring (bicyclic) bond motifs is 1. The van der Waals surface area contributed by atoms with Crippen LogP contribution >= 0.6 is 0 Å². The van der Waals surface area contributed by atoms with Gasteiger partial charge in [-0.25, -0.2) is 0 Å². The zero-order valence-corrected chi connectivity index (χ0v) is 17.5. The first-order valence-corrected chi connectivity index (χ1v) is 10.8. The van der Waals surface area contributed by atoms with Crippen LogP contribution in [0.2, 0.25) is 0 Å².